The van der Waals surface area contributed by atoms with Gasteiger partial charge < -0.3 is 4.74 Å². The molecular formula is C23H22N2O2S2. The molecule has 0 atom stereocenters. The van der Waals surface area contributed by atoms with Crippen LogP contribution in [0.1, 0.15) is 16.0 Å². The molecule has 4 aromatic rings. The summed E-state index contributed by atoms with van der Waals surface area (Å²) in [7, 11) is 0. The third-order valence-corrected chi connectivity index (χ3v) is 6.86. The van der Waals surface area contributed by atoms with Crippen molar-refractivity contribution >= 4 is 33.3 Å². The van der Waals surface area contributed by atoms with Crippen LogP contribution in [-0.2, 0) is 0 Å². The Morgan fingerprint density at radius 3 is 2.52 bits per heavy atom. The molecule has 0 unspecified atom stereocenters. The van der Waals surface area contributed by atoms with Crippen LogP contribution in [0.2, 0.25) is 0 Å². The van der Waals surface area contributed by atoms with Crippen LogP contribution in [0.4, 0.5) is 0 Å². The molecule has 29 heavy (non-hydrogen) atoms. The van der Waals surface area contributed by atoms with Crippen LogP contribution in [0.5, 0.6) is 5.75 Å². The summed E-state index contributed by atoms with van der Waals surface area (Å²) in [5, 5.41) is 1.42. The van der Waals surface area contributed by atoms with Gasteiger partial charge in [-0.1, -0.05) is 48.2 Å². The lowest BCUT2D eigenvalue weighted by molar-refractivity contribution is 0.341. The number of benzene rings is 2. The van der Waals surface area contributed by atoms with Gasteiger partial charge in [-0.2, -0.15) is 0 Å². The van der Waals surface area contributed by atoms with Gasteiger partial charge in [-0.15, -0.1) is 11.3 Å². The van der Waals surface area contributed by atoms with Crippen molar-refractivity contribution in [2.45, 2.75) is 25.9 Å². The Morgan fingerprint density at radius 1 is 1.03 bits per heavy atom. The maximum atomic E-state index is 13.4. The fourth-order valence-corrected chi connectivity index (χ4v) is 5.08. The first-order valence-corrected chi connectivity index (χ1v) is 11.3. The van der Waals surface area contributed by atoms with E-state index in [1.807, 2.05) is 75.4 Å². The topological polar surface area (TPSA) is 44.1 Å². The lowest BCUT2D eigenvalue weighted by Gasteiger charge is -2.13. The van der Waals surface area contributed by atoms with Crippen molar-refractivity contribution in [2.24, 2.45) is 0 Å². The summed E-state index contributed by atoms with van der Waals surface area (Å²) in [4.78, 5) is 20.2. The van der Waals surface area contributed by atoms with Crippen molar-refractivity contribution in [1.82, 2.24) is 9.55 Å². The molecule has 6 heteroatoms. The van der Waals surface area contributed by atoms with Crippen LogP contribution in [-0.4, -0.2) is 21.9 Å². The zero-order valence-electron chi connectivity index (χ0n) is 16.6. The number of aryl methyl sites for hydroxylation is 3. The number of hydrogen-bond acceptors (Lipinski definition) is 5. The van der Waals surface area contributed by atoms with E-state index in [1.54, 1.807) is 27.7 Å². The maximum absolute atomic E-state index is 13.4. The fraction of sp³-hybridized carbons (Fsp3) is 0.217. The third kappa shape index (κ3) is 3.95. The second-order valence-corrected chi connectivity index (χ2v) is 9.06. The van der Waals surface area contributed by atoms with Crippen LogP contribution >= 0.6 is 23.1 Å². The van der Waals surface area contributed by atoms with Gasteiger partial charge >= 0.3 is 0 Å². The zero-order chi connectivity index (χ0) is 20.4. The minimum Gasteiger partial charge on any atom is -0.492 e. The SMILES string of the molecule is Cc1ccccc1OCCSc1nc2sc(C)c(C)c2c(=O)n1-c1ccccc1. The van der Waals surface area contributed by atoms with Gasteiger partial charge in [0.25, 0.3) is 5.56 Å². The minimum absolute atomic E-state index is 0.00891. The Hall–Kier alpha value is -2.57. The Kier molecular flexibility index (Phi) is 5.74. The summed E-state index contributed by atoms with van der Waals surface area (Å²) in [6, 6.07) is 17.7. The Bertz CT molecular complexity index is 1210. The number of nitrogens with zero attached hydrogens (tertiary/aromatic N) is 2. The molecule has 0 bridgehead atoms. The van der Waals surface area contributed by atoms with Crippen LogP contribution in [0.15, 0.2) is 64.5 Å². The van der Waals surface area contributed by atoms with E-state index in [1.165, 1.54) is 0 Å². The van der Waals surface area contributed by atoms with Crippen molar-refractivity contribution in [3.8, 4) is 11.4 Å². The maximum Gasteiger partial charge on any atom is 0.267 e. The molecule has 0 N–H and O–H groups in total. The first kappa shape index (κ1) is 19.7. The highest BCUT2D eigenvalue weighted by molar-refractivity contribution is 7.99. The van der Waals surface area contributed by atoms with Gasteiger partial charge in [0.15, 0.2) is 5.16 Å². The molecule has 0 aliphatic heterocycles. The number of thiophene rings is 1. The number of hydrogen-bond donors (Lipinski definition) is 0. The highest BCUT2D eigenvalue weighted by Crippen LogP contribution is 2.29. The quantitative estimate of drug-likeness (QED) is 0.232. The van der Waals surface area contributed by atoms with E-state index in [0.29, 0.717) is 17.5 Å². The minimum atomic E-state index is -0.00891. The molecule has 0 saturated heterocycles. The van der Waals surface area contributed by atoms with Gasteiger partial charge in [-0.3, -0.25) is 9.36 Å². The normalized spacial score (nSPS) is 11.1. The Morgan fingerprint density at radius 2 is 1.76 bits per heavy atom. The average Bonchev–Trinajstić information content (AvgIpc) is 3.01. The van der Waals surface area contributed by atoms with E-state index in [0.717, 1.165) is 37.7 Å². The van der Waals surface area contributed by atoms with Gasteiger partial charge in [0.2, 0.25) is 0 Å². The van der Waals surface area contributed by atoms with Crippen LogP contribution < -0.4 is 10.3 Å². The van der Waals surface area contributed by atoms with E-state index in [9.17, 15) is 4.79 Å². The number of para-hydroxylation sites is 2. The standard InChI is InChI=1S/C23H22N2O2S2/c1-15-9-7-8-12-19(15)27-13-14-28-23-24-21-20(16(2)17(3)29-21)22(26)25(23)18-10-5-4-6-11-18/h4-12H,13-14H2,1-3H3. The van der Waals surface area contributed by atoms with E-state index in [4.69, 9.17) is 9.72 Å². The molecule has 0 radical (unpaired) electrons. The number of rotatable bonds is 6. The van der Waals surface area contributed by atoms with Crippen molar-refractivity contribution in [2.75, 3.05) is 12.4 Å². The van der Waals surface area contributed by atoms with E-state index in [2.05, 4.69) is 0 Å². The van der Waals surface area contributed by atoms with Crippen molar-refractivity contribution in [3.63, 3.8) is 0 Å². The van der Waals surface area contributed by atoms with Gasteiger partial charge in [0, 0.05) is 10.6 Å². The van der Waals surface area contributed by atoms with Gasteiger partial charge in [-0.25, -0.2) is 4.98 Å². The number of fused-ring (bicyclic) bond motifs is 1. The number of ether oxygens (including phenoxy) is 1. The smallest absolute Gasteiger partial charge is 0.267 e. The Balaban J connectivity index is 1.66. The van der Waals surface area contributed by atoms with Crippen molar-refractivity contribution < 1.29 is 4.74 Å². The van der Waals surface area contributed by atoms with Gasteiger partial charge in [-0.05, 0) is 50.1 Å². The molecule has 0 saturated carbocycles. The monoisotopic (exact) mass is 422 g/mol. The summed E-state index contributed by atoms with van der Waals surface area (Å²) in [5.74, 6) is 1.59. The Labute approximate surface area is 178 Å². The highest BCUT2D eigenvalue weighted by Gasteiger charge is 2.17. The molecule has 0 aliphatic carbocycles. The predicted octanol–water partition coefficient (Wildman–Crippen LogP) is 5.54. The summed E-state index contributed by atoms with van der Waals surface area (Å²) in [6.07, 6.45) is 0. The van der Waals surface area contributed by atoms with E-state index < -0.39 is 0 Å². The molecule has 0 spiro atoms. The van der Waals surface area contributed by atoms with E-state index >= 15 is 0 Å². The molecule has 0 fully saturated rings. The zero-order valence-corrected chi connectivity index (χ0v) is 18.3. The number of thioether (sulfide) groups is 1. The summed E-state index contributed by atoms with van der Waals surface area (Å²) in [6.45, 7) is 6.61. The van der Waals surface area contributed by atoms with Gasteiger partial charge in [0.05, 0.1) is 17.7 Å². The first-order chi connectivity index (χ1) is 14.1. The largest absolute Gasteiger partial charge is 0.492 e. The predicted molar refractivity (Wildman–Crippen MR) is 122 cm³/mol. The highest BCUT2D eigenvalue weighted by atomic mass is 32.2. The summed E-state index contributed by atoms with van der Waals surface area (Å²) >= 11 is 3.12. The van der Waals surface area contributed by atoms with Crippen molar-refractivity contribution in [1.29, 1.82) is 0 Å². The molecule has 0 aliphatic rings. The second kappa shape index (κ2) is 8.43. The summed E-state index contributed by atoms with van der Waals surface area (Å²) < 4.78 is 7.63. The summed E-state index contributed by atoms with van der Waals surface area (Å²) in [5.41, 5.74) is 2.96. The molecule has 148 valence electrons. The molecule has 4 nitrogen and oxygen atoms in total. The third-order valence-electron chi connectivity index (χ3n) is 4.85. The molecule has 0 amide bonds. The fourth-order valence-electron chi connectivity index (χ4n) is 3.18. The number of aromatic nitrogens is 2. The second-order valence-electron chi connectivity index (χ2n) is 6.80. The molecule has 2 aromatic heterocycles. The lowest BCUT2D eigenvalue weighted by atomic mass is 10.2. The molecule has 2 aromatic carbocycles. The van der Waals surface area contributed by atoms with Crippen LogP contribution in [0.3, 0.4) is 0 Å². The molecule has 4 rings (SSSR count). The van der Waals surface area contributed by atoms with Crippen LogP contribution in [0.25, 0.3) is 15.9 Å². The molecular weight excluding hydrogens is 400 g/mol. The van der Waals surface area contributed by atoms with E-state index in [-0.39, 0.29) is 5.56 Å². The van der Waals surface area contributed by atoms with Crippen molar-refractivity contribution in [3.05, 3.63) is 81.0 Å². The van der Waals surface area contributed by atoms with Gasteiger partial charge in [0.1, 0.15) is 10.6 Å². The molecule has 2 heterocycles. The lowest BCUT2D eigenvalue weighted by Crippen LogP contribution is -2.22. The van der Waals surface area contributed by atoms with Crippen LogP contribution in [0, 0.1) is 20.8 Å². The average molecular weight is 423 g/mol. The first-order valence-electron chi connectivity index (χ1n) is 9.45.